The number of amides is 2. The van der Waals surface area contributed by atoms with E-state index in [2.05, 4.69) is 5.32 Å². The Hall–Kier alpha value is -2.48. The minimum atomic E-state index is -0.719. The van der Waals surface area contributed by atoms with Crippen molar-refractivity contribution in [2.24, 2.45) is 5.92 Å². The first-order valence-corrected chi connectivity index (χ1v) is 7.50. The van der Waals surface area contributed by atoms with E-state index < -0.39 is 30.2 Å². The summed E-state index contributed by atoms with van der Waals surface area (Å²) in [6.07, 6.45) is -0.0710. The van der Waals surface area contributed by atoms with Gasteiger partial charge in [0.05, 0.1) is 18.2 Å². The number of hydrogen-bond acceptors (Lipinski definition) is 5. The molecule has 0 aromatic heterocycles. The van der Waals surface area contributed by atoms with Gasteiger partial charge in [0.2, 0.25) is 5.91 Å². The third-order valence-corrected chi connectivity index (χ3v) is 3.58. The first kappa shape index (κ1) is 17.9. The number of nitrogens with zero attached hydrogens (tertiary/aromatic N) is 1. The van der Waals surface area contributed by atoms with Gasteiger partial charge in [0.1, 0.15) is 5.82 Å². The zero-order valence-corrected chi connectivity index (χ0v) is 13.3. The lowest BCUT2D eigenvalue weighted by Crippen LogP contribution is -2.33. The van der Waals surface area contributed by atoms with E-state index in [0.717, 1.165) is 0 Å². The Kier molecular flexibility index (Phi) is 6.25. The highest BCUT2D eigenvalue weighted by molar-refractivity contribution is 5.99. The van der Waals surface area contributed by atoms with Crippen molar-refractivity contribution < 1.29 is 28.2 Å². The van der Waals surface area contributed by atoms with Gasteiger partial charge in [-0.15, -0.1) is 0 Å². The number of hydrogen-bond donors (Lipinski definition) is 1. The van der Waals surface area contributed by atoms with E-state index in [1.807, 2.05) is 0 Å². The second-order valence-electron chi connectivity index (χ2n) is 5.31. The average Bonchev–Trinajstić information content (AvgIpc) is 2.95. The predicted molar refractivity (Wildman–Crippen MR) is 82.7 cm³/mol. The lowest BCUT2D eigenvalue weighted by atomic mass is 10.1. The number of carbonyl (C=O) groups excluding carboxylic acids is 3. The molecule has 2 amide bonds. The summed E-state index contributed by atoms with van der Waals surface area (Å²) in [5.41, 5.74) is 0.134. The third-order valence-electron chi connectivity index (χ3n) is 3.58. The molecule has 1 aliphatic heterocycles. The average molecular weight is 338 g/mol. The quantitative estimate of drug-likeness (QED) is 0.578. The second kappa shape index (κ2) is 8.39. The molecule has 1 aromatic rings. The molecule has 24 heavy (non-hydrogen) atoms. The minimum Gasteiger partial charge on any atom is -0.455 e. The highest BCUT2D eigenvalue weighted by Crippen LogP contribution is 2.27. The van der Waals surface area contributed by atoms with Crippen LogP contribution >= 0.6 is 0 Å². The van der Waals surface area contributed by atoms with Crippen LogP contribution in [0.15, 0.2) is 24.3 Å². The van der Waals surface area contributed by atoms with Crippen LogP contribution in [0.5, 0.6) is 0 Å². The van der Waals surface area contributed by atoms with Crippen molar-refractivity contribution in [1.82, 2.24) is 5.32 Å². The van der Waals surface area contributed by atoms with E-state index in [0.29, 0.717) is 13.2 Å². The molecule has 130 valence electrons. The molecule has 7 nitrogen and oxygen atoms in total. The lowest BCUT2D eigenvalue weighted by Gasteiger charge is -2.17. The molecule has 1 aromatic carbocycles. The summed E-state index contributed by atoms with van der Waals surface area (Å²) < 4.78 is 23.5. The molecule has 0 unspecified atom stereocenters. The van der Waals surface area contributed by atoms with Crippen LogP contribution in [0.3, 0.4) is 0 Å². The van der Waals surface area contributed by atoms with Gasteiger partial charge in [-0.05, 0) is 12.1 Å². The number of ether oxygens (including phenoxy) is 2. The van der Waals surface area contributed by atoms with E-state index >= 15 is 0 Å². The number of carbonyl (C=O) groups is 3. The van der Waals surface area contributed by atoms with Crippen LogP contribution in [-0.4, -0.2) is 51.2 Å². The largest absolute Gasteiger partial charge is 0.455 e. The topological polar surface area (TPSA) is 84.9 Å². The van der Waals surface area contributed by atoms with Gasteiger partial charge in [-0.25, -0.2) is 4.39 Å². The number of rotatable bonds is 7. The summed E-state index contributed by atoms with van der Waals surface area (Å²) in [5.74, 6) is -2.70. The molecule has 1 heterocycles. The Morgan fingerprint density at radius 3 is 2.83 bits per heavy atom. The smallest absolute Gasteiger partial charge is 0.311 e. The number of benzene rings is 1. The summed E-state index contributed by atoms with van der Waals surface area (Å²) in [6.45, 7) is 0.279. The zero-order valence-electron chi connectivity index (χ0n) is 13.3. The molecule has 0 spiro atoms. The molecule has 0 bridgehead atoms. The molecule has 0 radical (unpaired) electrons. The maximum Gasteiger partial charge on any atom is 0.311 e. The van der Waals surface area contributed by atoms with E-state index in [-0.39, 0.29) is 24.6 Å². The normalized spacial score (nSPS) is 17.0. The molecule has 1 atom stereocenters. The molecular formula is C16H19FN2O5. The van der Waals surface area contributed by atoms with Crippen molar-refractivity contribution in [2.75, 3.05) is 38.3 Å². The third kappa shape index (κ3) is 4.51. The van der Waals surface area contributed by atoms with Gasteiger partial charge in [0, 0.05) is 26.6 Å². The summed E-state index contributed by atoms with van der Waals surface area (Å²) in [7, 11) is 1.50. The molecule has 1 aliphatic rings. The van der Waals surface area contributed by atoms with Gasteiger partial charge < -0.3 is 19.7 Å². The Bertz CT molecular complexity index is 622. The Labute approximate surface area is 138 Å². The fourth-order valence-electron chi connectivity index (χ4n) is 2.37. The van der Waals surface area contributed by atoms with Gasteiger partial charge in [-0.2, -0.15) is 0 Å². The highest BCUT2D eigenvalue weighted by atomic mass is 19.1. The van der Waals surface area contributed by atoms with E-state index in [1.165, 1.54) is 30.2 Å². The number of anilines is 1. The van der Waals surface area contributed by atoms with Crippen LogP contribution in [-0.2, 0) is 23.9 Å². The molecule has 0 saturated carbocycles. The van der Waals surface area contributed by atoms with E-state index in [1.54, 1.807) is 6.07 Å². The van der Waals surface area contributed by atoms with Crippen molar-refractivity contribution in [3.63, 3.8) is 0 Å². The zero-order chi connectivity index (χ0) is 17.5. The fourth-order valence-corrected chi connectivity index (χ4v) is 2.37. The number of halogens is 1. The molecule has 1 saturated heterocycles. The predicted octanol–water partition coefficient (Wildman–Crippen LogP) is 0.484. The number of nitrogens with one attached hydrogen (secondary N) is 1. The Balaban J connectivity index is 1.85. The van der Waals surface area contributed by atoms with Crippen molar-refractivity contribution >= 4 is 23.5 Å². The first-order chi connectivity index (χ1) is 11.5. The van der Waals surface area contributed by atoms with Gasteiger partial charge >= 0.3 is 5.97 Å². The van der Waals surface area contributed by atoms with Crippen molar-refractivity contribution in [3.05, 3.63) is 30.1 Å². The molecular weight excluding hydrogens is 319 g/mol. The van der Waals surface area contributed by atoms with Crippen LogP contribution in [0.1, 0.15) is 6.42 Å². The van der Waals surface area contributed by atoms with Crippen LogP contribution < -0.4 is 10.2 Å². The first-order valence-electron chi connectivity index (χ1n) is 7.50. The van der Waals surface area contributed by atoms with Crippen LogP contribution in [0.2, 0.25) is 0 Å². The maximum atomic E-state index is 13.8. The van der Waals surface area contributed by atoms with Crippen LogP contribution in [0.25, 0.3) is 0 Å². The van der Waals surface area contributed by atoms with Gasteiger partial charge in [-0.1, -0.05) is 12.1 Å². The Morgan fingerprint density at radius 1 is 1.38 bits per heavy atom. The molecule has 8 heteroatoms. The fraction of sp³-hybridized carbons (Fsp3) is 0.438. The molecule has 1 N–H and O–H groups in total. The summed E-state index contributed by atoms with van der Waals surface area (Å²) in [4.78, 5) is 36.7. The monoisotopic (exact) mass is 338 g/mol. The van der Waals surface area contributed by atoms with Crippen molar-refractivity contribution in [2.45, 2.75) is 6.42 Å². The van der Waals surface area contributed by atoms with Gasteiger partial charge in [-0.3, -0.25) is 14.4 Å². The van der Waals surface area contributed by atoms with E-state index in [9.17, 15) is 18.8 Å². The summed E-state index contributed by atoms with van der Waals surface area (Å²) >= 11 is 0. The summed E-state index contributed by atoms with van der Waals surface area (Å²) in [5, 5.41) is 2.51. The van der Waals surface area contributed by atoms with Crippen molar-refractivity contribution in [3.8, 4) is 0 Å². The lowest BCUT2D eigenvalue weighted by molar-refractivity contribution is -0.152. The summed E-state index contributed by atoms with van der Waals surface area (Å²) in [6, 6.07) is 5.86. The number of methoxy groups -OCH3 is 1. The van der Waals surface area contributed by atoms with E-state index in [4.69, 9.17) is 9.47 Å². The highest BCUT2D eigenvalue weighted by Gasteiger charge is 2.37. The minimum absolute atomic E-state index is 0.0316. The van der Waals surface area contributed by atoms with Crippen LogP contribution in [0.4, 0.5) is 10.1 Å². The molecule has 2 rings (SSSR count). The maximum absolute atomic E-state index is 13.8. The standard InChI is InChI=1S/C16H19FN2O5/c1-23-7-6-18-14(20)10-24-16(22)11-8-15(21)19(9-11)13-5-3-2-4-12(13)17/h2-5,11H,6-10H2,1H3,(H,18,20)/t11-/m1/s1. The van der Waals surface area contributed by atoms with Crippen LogP contribution in [0, 0.1) is 11.7 Å². The Morgan fingerprint density at radius 2 is 2.12 bits per heavy atom. The molecule has 1 fully saturated rings. The van der Waals surface area contributed by atoms with Gasteiger partial charge in [0.25, 0.3) is 5.91 Å². The van der Waals surface area contributed by atoms with Gasteiger partial charge in [0.15, 0.2) is 6.61 Å². The SMILES string of the molecule is COCCNC(=O)COC(=O)[C@@H]1CC(=O)N(c2ccccc2F)C1. The van der Waals surface area contributed by atoms with Crippen molar-refractivity contribution in [1.29, 1.82) is 0 Å². The second-order valence-corrected chi connectivity index (χ2v) is 5.31. The number of para-hydroxylation sites is 1. The molecule has 0 aliphatic carbocycles. The number of esters is 1.